The summed E-state index contributed by atoms with van der Waals surface area (Å²) in [4.78, 5) is 23.1. The summed E-state index contributed by atoms with van der Waals surface area (Å²) in [6, 6.07) is 4.81. The summed E-state index contributed by atoms with van der Waals surface area (Å²) in [5, 5.41) is 14.5. The zero-order chi connectivity index (χ0) is 15.5. The number of nitrogens with one attached hydrogen (secondary N) is 1. The molecule has 0 aromatic heterocycles. The Balaban J connectivity index is 2.04. The van der Waals surface area contributed by atoms with Crippen LogP contribution < -0.4 is 10.4 Å². The number of carbonyl (C=O) groups is 2. The summed E-state index contributed by atoms with van der Waals surface area (Å²) in [5.74, 6) is -1.34. The van der Waals surface area contributed by atoms with Crippen LogP contribution in [0.5, 0.6) is 0 Å². The topological polar surface area (TPSA) is 69.2 Å². The van der Waals surface area contributed by atoms with Gasteiger partial charge in [0.2, 0.25) is 5.91 Å². The van der Waals surface area contributed by atoms with E-state index in [1.165, 1.54) is 0 Å². The number of rotatable bonds is 5. The van der Waals surface area contributed by atoms with E-state index in [1.54, 1.807) is 18.2 Å². The predicted octanol–water partition coefficient (Wildman–Crippen LogP) is 3.02. The molecule has 0 bridgehead atoms. The fourth-order valence-corrected chi connectivity index (χ4v) is 3.43. The van der Waals surface area contributed by atoms with E-state index in [-0.39, 0.29) is 18.7 Å². The fourth-order valence-electron chi connectivity index (χ4n) is 2.97. The molecule has 1 aromatic carbocycles. The zero-order valence-corrected chi connectivity index (χ0v) is 13.0. The number of benzene rings is 1. The molecule has 1 fully saturated rings. The van der Waals surface area contributed by atoms with Crippen molar-refractivity contribution < 1.29 is 14.7 Å². The molecule has 1 aliphatic carbocycles. The van der Waals surface area contributed by atoms with E-state index in [2.05, 4.69) is 5.32 Å². The Kier molecular flexibility index (Phi) is 5.12. The van der Waals surface area contributed by atoms with Crippen molar-refractivity contribution in [3.05, 3.63) is 28.2 Å². The number of carboxylic acid groups (broad SMARTS) is 1. The van der Waals surface area contributed by atoms with Gasteiger partial charge >= 0.3 is 0 Å². The van der Waals surface area contributed by atoms with Crippen molar-refractivity contribution in [2.24, 2.45) is 5.41 Å². The second kappa shape index (κ2) is 6.67. The quantitative estimate of drug-likeness (QED) is 0.903. The molecule has 0 atom stereocenters. The standard InChI is InChI=1S/C15H17Cl2NO3/c16-10-3-4-12(11(17)7-10)18-13(19)8-15(9-14(20)21)5-1-2-6-15/h3-4,7H,1-2,5-6,8-9H2,(H,18,19)(H,20,21)/p-1. The van der Waals surface area contributed by atoms with Gasteiger partial charge in [-0.05, 0) is 42.9 Å². The molecule has 0 spiro atoms. The summed E-state index contributed by atoms with van der Waals surface area (Å²) < 4.78 is 0. The van der Waals surface area contributed by atoms with Gasteiger partial charge in [0, 0.05) is 17.4 Å². The molecule has 0 radical (unpaired) electrons. The first-order valence-electron chi connectivity index (χ1n) is 6.85. The molecule has 2 rings (SSSR count). The Morgan fingerprint density at radius 1 is 1.19 bits per heavy atom. The van der Waals surface area contributed by atoms with Crippen molar-refractivity contribution in [2.75, 3.05) is 5.32 Å². The van der Waals surface area contributed by atoms with Crippen molar-refractivity contribution in [3.8, 4) is 0 Å². The summed E-state index contributed by atoms with van der Waals surface area (Å²) in [6.45, 7) is 0. The van der Waals surface area contributed by atoms with Gasteiger partial charge in [0.1, 0.15) is 0 Å². The maximum atomic E-state index is 12.2. The second-order valence-corrected chi connectivity index (χ2v) is 6.45. The largest absolute Gasteiger partial charge is 0.550 e. The third kappa shape index (κ3) is 4.35. The molecule has 6 heteroatoms. The van der Waals surface area contributed by atoms with Crippen LogP contribution in [0.15, 0.2) is 18.2 Å². The fraction of sp³-hybridized carbons (Fsp3) is 0.467. The second-order valence-electron chi connectivity index (χ2n) is 5.61. The number of hydrogen-bond donors (Lipinski definition) is 1. The summed E-state index contributed by atoms with van der Waals surface area (Å²) in [6.07, 6.45) is 3.46. The van der Waals surface area contributed by atoms with E-state index in [9.17, 15) is 14.7 Å². The minimum absolute atomic E-state index is 0.0746. The number of hydrogen-bond acceptors (Lipinski definition) is 3. The van der Waals surface area contributed by atoms with E-state index in [4.69, 9.17) is 23.2 Å². The first kappa shape index (κ1) is 16.1. The number of halogens is 2. The summed E-state index contributed by atoms with van der Waals surface area (Å²) >= 11 is 11.8. The van der Waals surface area contributed by atoms with E-state index in [0.717, 1.165) is 25.7 Å². The predicted molar refractivity (Wildman–Crippen MR) is 80.2 cm³/mol. The van der Waals surface area contributed by atoms with Gasteiger partial charge < -0.3 is 15.2 Å². The molecule has 1 amide bonds. The maximum absolute atomic E-state index is 12.2. The maximum Gasteiger partial charge on any atom is 0.224 e. The highest BCUT2D eigenvalue weighted by atomic mass is 35.5. The number of amides is 1. The van der Waals surface area contributed by atoms with Crippen molar-refractivity contribution in [3.63, 3.8) is 0 Å². The minimum Gasteiger partial charge on any atom is -0.550 e. The Morgan fingerprint density at radius 3 is 2.43 bits per heavy atom. The van der Waals surface area contributed by atoms with Crippen molar-refractivity contribution >= 4 is 40.8 Å². The lowest BCUT2D eigenvalue weighted by Crippen LogP contribution is -2.33. The van der Waals surface area contributed by atoms with Crippen LogP contribution in [0.25, 0.3) is 0 Å². The molecule has 1 saturated carbocycles. The van der Waals surface area contributed by atoms with Crippen LogP contribution in [-0.2, 0) is 9.59 Å². The molecule has 4 nitrogen and oxygen atoms in total. The zero-order valence-electron chi connectivity index (χ0n) is 11.5. The number of carboxylic acids is 1. The molecular weight excluding hydrogens is 313 g/mol. The van der Waals surface area contributed by atoms with Gasteiger partial charge in [-0.15, -0.1) is 0 Å². The normalized spacial score (nSPS) is 16.7. The van der Waals surface area contributed by atoms with Crippen LogP contribution in [0.2, 0.25) is 10.0 Å². The van der Waals surface area contributed by atoms with E-state index >= 15 is 0 Å². The molecule has 0 unspecified atom stereocenters. The Bertz CT molecular complexity index is 554. The molecule has 0 aliphatic heterocycles. The molecule has 1 aromatic rings. The average molecular weight is 329 g/mol. The Hall–Kier alpha value is -1.26. The highest BCUT2D eigenvalue weighted by Crippen LogP contribution is 2.44. The average Bonchev–Trinajstić information content (AvgIpc) is 2.80. The van der Waals surface area contributed by atoms with Crippen molar-refractivity contribution in [1.82, 2.24) is 0 Å². The monoisotopic (exact) mass is 328 g/mol. The van der Waals surface area contributed by atoms with Crippen LogP contribution in [0.3, 0.4) is 0 Å². The highest BCUT2D eigenvalue weighted by Gasteiger charge is 2.36. The minimum atomic E-state index is -1.10. The van der Waals surface area contributed by atoms with Crippen LogP contribution in [0, 0.1) is 5.41 Å². The van der Waals surface area contributed by atoms with Crippen LogP contribution in [0.4, 0.5) is 5.69 Å². The molecule has 21 heavy (non-hydrogen) atoms. The van der Waals surface area contributed by atoms with E-state index in [0.29, 0.717) is 15.7 Å². The van der Waals surface area contributed by atoms with Gasteiger partial charge in [-0.1, -0.05) is 36.0 Å². The molecule has 114 valence electrons. The molecule has 1 N–H and O–H groups in total. The molecular formula is C15H16Cl2NO3-. The lowest BCUT2D eigenvalue weighted by atomic mass is 9.79. The third-order valence-electron chi connectivity index (χ3n) is 3.92. The molecule has 0 saturated heterocycles. The number of anilines is 1. The van der Waals surface area contributed by atoms with Crippen molar-refractivity contribution in [1.29, 1.82) is 0 Å². The lowest BCUT2D eigenvalue weighted by Gasteiger charge is -2.28. The van der Waals surface area contributed by atoms with Gasteiger partial charge in [-0.3, -0.25) is 4.79 Å². The van der Waals surface area contributed by atoms with Crippen LogP contribution in [0.1, 0.15) is 38.5 Å². The van der Waals surface area contributed by atoms with Gasteiger partial charge in [-0.25, -0.2) is 0 Å². The lowest BCUT2D eigenvalue weighted by molar-refractivity contribution is -0.308. The van der Waals surface area contributed by atoms with E-state index < -0.39 is 11.4 Å². The first-order chi connectivity index (χ1) is 9.90. The van der Waals surface area contributed by atoms with Crippen molar-refractivity contribution in [2.45, 2.75) is 38.5 Å². The van der Waals surface area contributed by atoms with Crippen LogP contribution >= 0.6 is 23.2 Å². The highest BCUT2D eigenvalue weighted by molar-refractivity contribution is 6.36. The third-order valence-corrected chi connectivity index (χ3v) is 4.47. The van der Waals surface area contributed by atoms with Gasteiger partial charge in [0.15, 0.2) is 0 Å². The molecule has 1 aliphatic rings. The summed E-state index contributed by atoms with van der Waals surface area (Å²) in [5.41, 5.74) is -0.00499. The van der Waals surface area contributed by atoms with Gasteiger partial charge in [0.05, 0.1) is 10.7 Å². The SMILES string of the molecule is O=C([O-])CC1(CC(=O)Nc2ccc(Cl)cc2Cl)CCCC1. The Labute approximate surface area is 133 Å². The summed E-state index contributed by atoms with van der Waals surface area (Å²) in [7, 11) is 0. The first-order valence-corrected chi connectivity index (χ1v) is 7.61. The van der Waals surface area contributed by atoms with Gasteiger partial charge in [0.25, 0.3) is 0 Å². The van der Waals surface area contributed by atoms with Gasteiger partial charge in [-0.2, -0.15) is 0 Å². The van der Waals surface area contributed by atoms with E-state index in [1.807, 2.05) is 0 Å². The molecule has 0 heterocycles. The van der Waals surface area contributed by atoms with Crippen LogP contribution in [-0.4, -0.2) is 11.9 Å². The Morgan fingerprint density at radius 2 is 1.86 bits per heavy atom. The number of aliphatic carboxylic acids is 1. The number of carbonyl (C=O) groups excluding carboxylic acids is 2. The smallest absolute Gasteiger partial charge is 0.224 e.